The van der Waals surface area contributed by atoms with Crippen molar-refractivity contribution < 1.29 is 0 Å². The molecule has 1 N–H and O–H groups in total. The smallest absolute Gasteiger partial charge is 0.0158 e. The molecule has 14 heavy (non-hydrogen) atoms. The second-order valence-corrected chi connectivity index (χ2v) is 5.21. The lowest BCUT2D eigenvalue weighted by molar-refractivity contribution is 0.229. The van der Waals surface area contributed by atoms with E-state index in [-0.39, 0.29) is 0 Å². The van der Waals surface area contributed by atoms with Gasteiger partial charge >= 0.3 is 0 Å². The number of hydrogen-bond donors (Lipinski definition) is 1. The summed E-state index contributed by atoms with van der Waals surface area (Å²) in [7, 11) is 0. The average Bonchev–Trinajstić information content (AvgIpc) is 2.20. The van der Waals surface area contributed by atoms with Crippen molar-refractivity contribution in [2.24, 2.45) is 0 Å². The van der Waals surface area contributed by atoms with Gasteiger partial charge in [-0.05, 0) is 39.4 Å². The fourth-order valence-corrected chi connectivity index (χ4v) is 2.88. The Bertz CT molecular complexity index is 141. The molecule has 1 saturated heterocycles. The van der Waals surface area contributed by atoms with Gasteiger partial charge < -0.3 is 5.32 Å². The van der Waals surface area contributed by atoms with Gasteiger partial charge in [0, 0.05) is 24.1 Å². The van der Waals surface area contributed by atoms with Crippen molar-refractivity contribution in [2.75, 3.05) is 37.7 Å². The van der Waals surface area contributed by atoms with E-state index in [1.807, 2.05) is 0 Å². The van der Waals surface area contributed by atoms with Crippen molar-refractivity contribution in [3.05, 3.63) is 0 Å². The summed E-state index contributed by atoms with van der Waals surface area (Å²) in [4.78, 5) is 2.63. The Morgan fingerprint density at radius 2 is 2.29 bits per heavy atom. The SMILES string of the molecule is CCCNCCCN1CCSCC1C. The molecule has 0 saturated carbocycles. The molecule has 1 atom stereocenters. The van der Waals surface area contributed by atoms with E-state index in [4.69, 9.17) is 0 Å². The van der Waals surface area contributed by atoms with Crippen LogP contribution >= 0.6 is 11.8 Å². The van der Waals surface area contributed by atoms with Crippen molar-refractivity contribution in [2.45, 2.75) is 32.7 Å². The summed E-state index contributed by atoms with van der Waals surface area (Å²) in [6, 6.07) is 0.792. The van der Waals surface area contributed by atoms with E-state index in [0.717, 1.165) is 6.04 Å². The highest BCUT2D eigenvalue weighted by Crippen LogP contribution is 2.15. The van der Waals surface area contributed by atoms with E-state index >= 15 is 0 Å². The van der Waals surface area contributed by atoms with E-state index in [2.05, 4.69) is 35.8 Å². The van der Waals surface area contributed by atoms with Crippen LogP contribution in [-0.2, 0) is 0 Å². The molecule has 1 aliphatic rings. The topological polar surface area (TPSA) is 15.3 Å². The third-order valence-corrected chi connectivity index (χ3v) is 3.92. The van der Waals surface area contributed by atoms with Crippen molar-refractivity contribution in [3.63, 3.8) is 0 Å². The minimum atomic E-state index is 0.792. The van der Waals surface area contributed by atoms with Crippen molar-refractivity contribution >= 4 is 11.8 Å². The van der Waals surface area contributed by atoms with Crippen molar-refractivity contribution in [1.29, 1.82) is 0 Å². The van der Waals surface area contributed by atoms with Crippen LogP contribution in [0.3, 0.4) is 0 Å². The molecular formula is C11H24N2S. The molecule has 1 unspecified atom stereocenters. The predicted octanol–water partition coefficient (Wildman–Crippen LogP) is 1.81. The average molecular weight is 216 g/mol. The molecule has 0 spiro atoms. The highest BCUT2D eigenvalue weighted by Gasteiger charge is 2.17. The first-order valence-corrected chi connectivity index (χ1v) is 7.02. The Labute approximate surface area is 92.8 Å². The summed E-state index contributed by atoms with van der Waals surface area (Å²) in [6.07, 6.45) is 2.55. The monoisotopic (exact) mass is 216 g/mol. The van der Waals surface area contributed by atoms with Gasteiger partial charge in [0.25, 0.3) is 0 Å². The lowest BCUT2D eigenvalue weighted by Gasteiger charge is -2.32. The highest BCUT2D eigenvalue weighted by molar-refractivity contribution is 7.99. The molecule has 1 aliphatic heterocycles. The van der Waals surface area contributed by atoms with E-state index in [1.165, 1.54) is 50.5 Å². The first kappa shape index (κ1) is 12.3. The second-order valence-electron chi connectivity index (χ2n) is 4.06. The van der Waals surface area contributed by atoms with Crippen LogP contribution in [0.4, 0.5) is 0 Å². The van der Waals surface area contributed by atoms with Gasteiger partial charge in [0.2, 0.25) is 0 Å². The van der Waals surface area contributed by atoms with Gasteiger partial charge in [-0.3, -0.25) is 4.90 Å². The van der Waals surface area contributed by atoms with Crippen LogP contribution in [0, 0.1) is 0 Å². The lowest BCUT2D eigenvalue weighted by atomic mass is 10.2. The van der Waals surface area contributed by atoms with E-state index in [0.29, 0.717) is 0 Å². The molecule has 1 heterocycles. The molecule has 0 bridgehead atoms. The fraction of sp³-hybridized carbons (Fsp3) is 1.00. The molecule has 2 nitrogen and oxygen atoms in total. The van der Waals surface area contributed by atoms with Gasteiger partial charge in [0.1, 0.15) is 0 Å². The number of hydrogen-bond acceptors (Lipinski definition) is 3. The van der Waals surface area contributed by atoms with Crippen molar-refractivity contribution in [3.8, 4) is 0 Å². The number of rotatable bonds is 6. The third-order valence-electron chi connectivity index (χ3n) is 2.73. The van der Waals surface area contributed by atoms with E-state index < -0.39 is 0 Å². The quantitative estimate of drug-likeness (QED) is 0.682. The van der Waals surface area contributed by atoms with Gasteiger partial charge in [-0.25, -0.2) is 0 Å². The van der Waals surface area contributed by atoms with Crippen LogP contribution in [0.1, 0.15) is 26.7 Å². The molecule has 84 valence electrons. The molecule has 0 aromatic rings. The summed E-state index contributed by atoms with van der Waals surface area (Å²) in [6.45, 7) is 9.50. The van der Waals surface area contributed by atoms with Crippen LogP contribution in [-0.4, -0.2) is 48.6 Å². The predicted molar refractivity (Wildman–Crippen MR) is 66.1 cm³/mol. The maximum atomic E-state index is 3.46. The summed E-state index contributed by atoms with van der Waals surface area (Å²) in [5, 5.41) is 3.46. The first-order chi connectivity index (χ1) is 6.84. The zero-order valence-corrected chi connectivity index (χ0v) is 10.4. The number of nitrogens with zero attached hydrogens (tertiary/aromatic N) is 1. The Kier molecular flexibility index (Phi) is 6.65. The fourth-order valence-electron chi connectivity index (χ4n) is 1.80. The molecule has 0 aromatic carbocycles. The maximum Gasteiger partial charge on any atom is 0.0158 e. The second kappa shape index (κ2) is 7.55. The lowest BCUT2D eigenvalue weighted by Crippen LogP contribution is -2.41. The Morgan fingerprint density at radius 1 is 1.43 bits per heavy atom. The molecule has 3 heteroatoms. The van der Waals surface area contributed by atoms with Crippen molar-refractivity contribution in [1.82, 2.24) is 10.2 Å². The van der Waals surface area contributed by atoms with Crippen LogP contribution in [0.5, 0.6) is 0 Å². The zero-order valence-electron chi connectivity index (χ0n) is 9.59. The minimum absolute atomic E-state index is 0.792. The normalized spacial score (nSPS) is 24.0. The van der Waals surface area contributed by atoms with Gasteiger partial charge in [0.15, 0.2) is 0 Å². The van der Waals surface area contributed by atoms with Crippen LogP contribution < -0.4 is 5.32 Å². The van der Waals surface area contributed by atoms with Crippen LogP contribution in [0.2, 0.25) is 0 Å². The molecule has 0 aromatic heterocycles. The molecular weight excluding hydrogens is 192 g/mol. The van der Waals surface area contributed by atoms with Gasteiger partial charge in [-0.1, -0.05) is 6.92 Å². The minimum Gasteiger partial charge on any atom is -0.317 e. The molecule has 1 rings (SSSR count). The largest absolute Gasteiger partial charge is 0.317 e. The highest BCUT2D eigenvalue weighted by atomic mass is 32.2. The Balaban J connectivity index is 1.99. The van der Waals surface area contributed by atoms with Gasteiger partial charge in [-0.15, -0.1) is 0 Å². The van der Waals surface area contributed by atoms with E-state index in [1.54, 1.807) is 0 Å². The molecule has 0 radical (unpaired) electrons. The van der Waals surface area contributed by atoms with Gasteiger partial charge in [-0.2, -0.15) is 11.8 Å². The molecule has 0 aliphatic carbocycles. The standard InChI is InChI=1S/C11H24N2S/c1-3-5-12-6-4-7-13-8-9-14-10-11(13)2/h11-12H,3-10H2,1-2H3. The first-order valence-electron chi connectivity index (χ1n) is 5.87. The maximum absolute atomic E-state index is 3.46. The molecule has 1 fully saturated rings. The number of thioether (sulfide) groups is 1. The summed E-state index contributed by atoms with van der Waals surface area (Å²) < 4.78 is 0. The Hall–Kier alpha value is 0.270. The van der Waals surface area contributed by atoms with E-state index in [9.17, 15) is 0 Å². The summed E-state index contributed by atoms with van der Waals surface area (Å²) in [5.74, 6) is 2.65. The summed E-state index contributed by atoms with van der Waals surface area (Å²) >= 11 is 2.10. The van der Waals surface area contributed by atoms with Crippen LogP contribution in [0.25, 0.3) is 0 Å². The number of nitrogens with one attached hydrogen (secondary N) is 1. The summed E-state index contributed by atoms with van der Waals surface area (Å²) in [5.41, 5.74) is 0. The van der Waals surface area contributed by atoms with Gasteiger partial charge in [0.05, 0.1) is 0 Å². The van der Waals surface area contributed by atoms with Crippen LogP contribution in [0.15, 0.2) is 0 Å². The zero-order chi connectivity index (χ0) is 10.2. The molecule has 0 amide bonds. The Morgan fingerprint density at radius 3 is 3.00 bits per heavy atom. The third kappa shape index (κ3) is 4.67.